The molecule has 1 aromatic carbocycles. The molecule has 112 valence electrons. The van der Waals surface area contributed by atoms with Crippen LogP contribution in [0.2, 0.25) is 0 Å². The highest BCUT2D eigenvalue weighted by atomic mass is 19.1. The first kappa shape index (κ1) is 15.5. The lowest BCUT2D eigenvalue weighted by Gasteiger charge is -2.32. The number of rotatable bonds is 4. The minimum absolute atomic E-state index is 0.144. The summed E-state index contributed by atoms with van der Waals surface area (Å²) in [6.45, 7) is 1.61. The van der Waals surface area contributed by atoms with Gasteiger partial charge in [-0.15, -0.1) is 6.42 Å². The molecule has 1 atom stereocenters. The van der Waals surface area contributed by atoms with E-state index in [1.165, 1.54) is 11.0 Å². The van der Waals surface area contributed by atoms with Crippen LogP contribution in [0.5, 0.6) is 0 Å². The maximum absolute atomic E-state index is 13.7. The summed E-state index contributed by atoms with van der Waals surface area (Å²) in [5.41, 5.74) is -0.484. The van der Waals surface area contributed by atoms with Crippen LogP contribution in [0.4, 0.5) is 8.78 Å². The van der Waals surface area contributed by atoms with Crippen LogP contribution < -0.4 is 0 Å². The number of hydrogen-bond donors (Lipinski definition) is 0. The number of carbonyl (C=O) groups is 1. The Labute approximate surface area is 122 Å². The third-order valence-corrected chi connectivity index (χ3v) is 3.52. The third-order valence-electron chi connectivity index (χ3n) is 3.52. The van der Waals surface area contributed by atoms with E-state index in [2.05, 4.69) is 5.92 Å². The van der Waals surface area contributed by atoms with Gasteiger partial charge in [0.25, 0.3) is 5.91 Å². The van der Waals surface area contributed by atoms with E-state index in [0.717, 1.165) is 25.0 Å². The molecule has 0 radical (unpaired) electrons. The lowest BCUT2D eigenvalue weighted by atomic mass is 9.98. The monoisotopic (exact) mass is 293 g/mol. The van der Waals surface area contributed by atoms with E-state index < -0.39 is 23.1 Å². The van der Waals surface area contributed by atoms with E-state index >= 15 is 0 Å². The second kappa shape index (κ2) is 7.19. The fraction of sp³-hybridized carbons (Fsp3) is 0.438. The van der Waals surface area contributed by atoms with Gasteiger partial charge < -0.3 is 9.64 Å². The van der Waals surface area contributed by atoms with Crippen molar-refractivity contribution in [3.8, 4) is 12.3 Å². The van der Waals surface area contributed by atoms with Gasteiger partial charge in [0.2, 0.25) is 0 Å². The van der Waals surface area contributed by atoms with E-state index in [-0.39, 0.29) is 12.5 Å². The molecule has 5 heteroatoms. The second-order valence-electron chi connectivity index (χ2n) is 5.08. The molecular formula is C16H17F2NO2. The van der Waals surface area contributed by atoms with Crippen molar-refractivity contribution in [2.45, 2.75) is 12.8 Å². The molecule has 0 aliphatic carbocycles. The standard InChI is InChI=1S/C16H17F2NO2/c1-2-9-21-11-12-5-4-8-19(10-12)16(20)15-13(17)6-3-7-14(15)18/h1,3,6-7,12H,4-5,8-11H2/t12-/m1/s1. The van der Waals surface area contributed by atoms with Crippen molar-refractivity contribution in [2.24, 2.45) is 5.92 Å². The average molecular weight is 293 g/mol. The molecule has 1 aromatic rings. The van der Waals surface area contributed by atoms with Crippen molar-refractivity contribution in [1.29, 1.82) is 0 Å². The molecule has 1 aliphatic rings. The first-order valence-electron chi connectivity index (χ1n) is 6.88. The van der Waals surface area contributed by atoms with Crippen molar-refractivity contribution in [3.63, 3.8) is 0 Å². The molecule has 0 N–H and O–H groups in total. The Kier molecular flexibility index (Phi) is 5.29. The van der Waals surface area contributed by atoms with Gasteiger partial charge in [0.05, 0.1) is 6.61 Å². The van der Waals surface area contributed by atoms with Crippen LogP contribution in [0.3, 0.4) is 0 Å². The van der Waals surface area contributed by atoms with Crippen molar-refractivity contribution in [3.05, 3.63) is 35.4 Å². The maximum atomic E-state index is 13.7. The lowest BCUT2D eigenvalue weighted by molar-refractivity contribution is 0.0526. The molecule has 0 bridgehead atoms. The highest BCUT2D eigenvalue weighted by Gasteiger charge is 2.28. The predicted molar refractivity (Wildman–Crippen MR) is 74.6 cm³/mol. The number of amides is 1. The van der Waals surface area contributed by atoms with E-state index in [1.54, 1.807) is 0 Å². The van der Waals surface area contributed by atoms with Crippen LogP contribution in [-0.4, -0.2) is 37.1 Å². The van der Waals surface area contributed by atoms with Gasteiger partial charge in [0.1, 0.15) is 23.8 Å². The molecule has 0 saturated carbocycles. The van der Waals surface area contributed by atoms with Crippen molar-refractivity contribution >= 4 is 5.91 Å². The number of hydrogen-bond acceptors (Lipinski definition) is 2. The van der Waals surface area contributed by atoms with Gasteiger partial charge in [0.15, 0.2) is 0 Å². The second-order valence-corrected chi connectivity index (χ2v) is 5.08. The number of halogens is 2. The zero-order chi connectivity index (χ0) is 15.2. The summed E-state index contributed by atoms with van der Waals surface area (Å²) in [5, 5.41) is 0. The van der Waals surface area contributed by atoms with E-state index in [9.17, 15) is 13.6 Å². The smallest absolute Gasteiger partial charge is 0.259 e. The van der Waals surface area contributed by atoms with Crippen LogP contribution in [0.15, 0.2) is 18.2 Å². The molecule has 21 heavy (non-hydrogen) atoms. The third kappa shape index (κ3) is 3.79. The molecular weight excluding hydrogens is 276 g/mol. The fourth-order valence-electron chi connectivity index (χ4n) is 2.53. The Morgan fingerprint density at radius 2 is 2.14 bits per heavy atom. The minimum Gasteiger partial charge on any atom is -0.368 e. The summed E-state index contributed by atoms with van der Waals surface area (Å²) in [6.07, 6.45) is 6.80. The van der Waals surface area contributed by atoms with Gasteiger partial charge in [-0.25, -0.2) is 8.78 Å². The maximum Gasteiger partial charge on any atom is 0.259 e. The SMILES string of the molecule is C#CCOC[C@@H]1CCCN(C(=O)c2c(F)cccc2F)C1. The van der Waals surface area contributed by atoms with E-state index in [4.69, 9.17) is 11.2 Å². The fourth-order valence-corrected chi connectivity index (χ4v) is 2.53. The van der Waals surface area contributed by atoms with Gasteiger partial charge in [-0.2, -0.15) is 0 Å². The molecule has 0 unspecified atom stereocenters. The van der Waals surface area contributed by atoms with Crippen molar-refractivity contribution in [1.82, 2.24) is 4.90 Å². The van der Waals surface area contributed by atoms with Gasteiger partial charge in [-0.3, -0.25) is 4.79 Å². The van der Waals surface area contributed by atoms with Crippen LogP contribution >= 0.6 is 0 Å². The summed E-state index contributed by atoms with van der Waals surface area (Å²) in [4.78, 5) is 13.8. The first-order valence-corrected chi connectivity index (χ1v) is 6.88. The van der Waals surface area contributed by atoms with Gasteiger partial charge >= 0.3 is 0 Å². The number of piperidine rings is 1. The largest absolute Gasteiger partial charge is 0.368 e. The number of ether oxygens (including phenoxy) is 1. The molecule has 3 nitrogen and oxygen atoms in total. The number of likely N-dealkylation sites (tertiary alicyclic amines) is 1. The zero-order valence-electron chi connectivity index (χ0n) is 11.6. The highest BCUT2D eigenvalue weighted by molar-refractivity contribution is 5.94. The highest BCUT2D eigenvalue weighted by Crippen LogP contribution is 2.21. The summed E-state index contributed by atoms with van der Waals surface area (Å²) >= 11 is 0. The summed E-state index contributed by atoms with van der Waals surface area (Å²) in [5.74, 6) is 0.264. The normalized spacial score (nSPS) is 18.3. The molecule has 0 spiro atoms. The summed E-state index contributed by atoms with van der Waals surface area (Å²) in [7, 11) is 0. The van der Waals surface area contributed by atoms with Crippen molar-refractivity contribution < 1.29 is 18.3 Å². The average Bonchev–Trinajstić information content (AvgIpc) is 2.47. The Balaban J connectivity index is 2.04. The quantitative estimate of drug-likeness (QED) is 0.630. The first-order chi connectivity index (χ1) is 10.1. The Morgan fingerprint density at radius 1 is 1.43 bits per heavy atom. The van der Waals surface area contributed by atoms with E-state index in [0.29, 0.717) is 19.7 Å². The molecule has 0 aromatic heterocycles. The lowest BCUT2D eigenvalue weighted by Crippen LogP contribution is -2.41. The number of terminal acetylenes is 1. The van der Waals surface area contributed by atoms with Crippen LogP contribution in [0.25, 0.3) is 0 Å². The summed E-state index contributed by atoms with van der Waals surface area (Å²) < 4.78 is 32.6. The molecule has 1 saturated heterocycles. The molecule has 1 aliphatic heterocycles. The Hall–Kier alpha value is -1.93. The number of carbonyl (C=O) groups excluding carboxylic acids is 1. The Morgan fingerprint density at radius 3 is 2.81 bits per heavy atom. The zero-order valence-corrected chi connectivity index (χ0v) is 11.6. The molecule has 1 heterocycles. The topological polar surface area (TPSA) is 29.5 Å². The number of benzene rings is 1. The van der Waals surface area contributed by atoms with Gasteiger partial charge in [-0.1, -0.05) is 12.0 Å². The van der Waals surface area contributed by atoms with Gasteiger partial charge in [-0.05, 0) is 25.0 Å². The minimum atomic E-state index is -0.828. The van der Waals surface area contributed by atoms with Gasteiger partial charge in [0, 0.05) is 19.0 Å². The molecule has 1 fully saturated rings. The summed E-state index contributed by atoms with van der Waals surface area (Å²) in [6, 6.07) is 3.43. The molecule has 1 amide bonds. The van der Waals surface area contributed by atoms with E-state index in [1.807, 2.05) is 0 Å². The van der Waals surface area contributed by atoms with Crippen LogP contribution in [-0.2, 0) is 4.74 Å². The molecule has 2 rings (SSSR count). The van der Waals surface area contributed by atoms with Crippen molar-refractivity contribution in [2.75, 3.05) is 26.3 Å². The number of nitrogens with zero attached hydrogens (tertiary/aromatic N) is 1. The van der Waals surface area contributed by atoms with Crippen LogP contribution in [0, 0.1) is 29.9 Å². The Bertz CT molecular complexity index is 533. The van der Waals surface area contributed by atoms with Crippen LogP contribution in [0.1, 0.15) is 23.2 Å². The predicted octanol–water partition coefficient (Wildman–Crippen LogP) is 2.47.